The Kier molecular flexibility index (Phi) is 6.46. The molecule has 0 aliphatic heterocycles. The van der Waals surface area contributed by atoms with Crippen LogP contribution in [0.3, 0.4) is 0 Å². The minimum Gasteiger partial charge on any atom is -0.455 e. The number of esters is 1. The Hall–Kier alpha value is -2.95. The van der Waals surface area contributed by atoms with Gasteiger partial charge in [0.2, 0.25) is 0 Å². The molecule has 0 spiro atoms. The van der Waals surface area contributed by atoms with Gasteiger partial charge in [-0.25, -0.2) is 0 Å². The van der Waals surface area contributed by atoms with Gasteiger partial charge in [-0.15, -0.1) is 0 Å². The van der Waals surface area contributed by atoms with Crippen LogP contribution in [0.1, 0.15) is 42.1 Å². The molecule has 0 radical (unpaired) electrons. The molecular weight excluding hydrogens is 318 g/mol. The number of rotatable bonds is 7. The first kappa shape index (κ1) is 18.4. The Morgan fingerprint density at radius 2 is 1.64 bits per heavy atom. The highest BCUT2D eigenvalue weighted by molar-refractivity contribution is 6.04. The molecule has 130 valence electrons. The second-order valence-corrected chi connectivity index (χ2v) is 5.63. The predicted molar refractivity (Wildman–Crippen MR) is 95.5 cm³/mol. The lowest BCUT2D eigenvalue weighted by Gasteiger charge is -2.15. The molecule has 0 aliphatic rings. The molecule has 0 saturated carbocycles. The second-order valence-electron chi connectivity index (χ2n) is 5.63. The first-order valence-corrected chi connectivity index (χ1v) is 8.14. The summed E-state index contributed by atoms with van der Waals surface area (Å²) < 4.78 is 5.15. The number of carbonyl (C=O) groups excluding carboxylic acids is 3. The van der Waals surface area contributed by atoms with Crippen molar-refractivity contribution in [2.45, 2.75) is 26.2 Å². The molecule has 5 nitrogen and oxygen atoms in total. The molecule has 0 bridgehead atoms. The van der Waals surface area contributed by atoms with Crippen molar-refractivity contribution in [3.8, 4) is 0 Å². The maximum absolute atomic E-state index is 12.3. The van der Waals surface area contributed by atoms with Crippen LogP contribution in [0.5, 0.6) is 0 Å². The average molecular weight is 339 g/mol. The quantitative estimate of drug-likeness (QED) is 0.618. The number of nitrogens with one attached hydrogen (secondary N) is 1. The van der Waals surface area contributed by atoms with Crippen LogP contribution in [-0.4, -0.2) is 24.3 Å². The van der Waals surface area contributed by atoms with Crippen LogP contribution in [0.25, 0.3) is 0 Å². The SMILES string of the molecule is CC[C@@H](C(=O)OCC(=O)Nc1ccccc1C(C)=O)c1ccccc1. The molecule has 0 unspecified atom stereocenters. The Morgan fingerprint density at radius 1 is 1.00 bits per heavy atom. The van der Waals surface area contributed by atoms with E-state index in [2.05, 4.69) is 5.32 Å². The third-order valence-corrected chi connectivity index (χ3v) is 3.82. The summed E-state index contributed by atoms with van der Waals surface area (Å²) in [5, 5.41) is 2.61. The van der Waals surface area contributed by atoms with E-state index >= 15 is 0 Å². The van der Waals surface area contributed by atoms with Crippen molar-refractivity contribution in [2.75, 3.05) is 11.9 Å². The molecule has 2 aromatic carbocycles. The highest BCUT2D eigenvalue weighted by Crippen LogP contribution is 2.21. The maximum atomic E-state index is 12.3. The van der Waals surface area contributed by atoms with E-state index in [0.717, 1.165) is 5.56 Å². The van der Waals surface area contributed by atoms with Crippen LogP contribution in [-0.2, 0) is 14.3 Å². The minimum atomic E-state index is -0.482. The fraction of sp³-hybridized carbons (Fsp3) is 0.250. The molecule has 5 heteroatoms. The molecule has 2 aromatic rings. The first-order chi connectivity index (χ1) is 12.0. The van der Waals surface area contributed by atoms with Gasteiger partial charge in [-0.2, -0.15) is 0 Å². The second kappa shape index (κ2) is 8.78. The van der Waals surface area contributed by atoms with Crippen LogP contribution < -0.4 is 5.32 Å². The van der Waals surface area contributed by atoms with Gasteiger partial charge < -0.3 is 10.1 Å². The monoisotopic (exact) mass is 339 g/mol. The molecule has 2 rings (SSSR count). The number of hydrogen-bond acceptors (Lipinski definition) is 4. The zero-order valence-electron chi connectivity index (χ0n) is 14.3. The molecule has 0 aliphatic carbocycles. The number of benzene rings is 2. The zero-order valence-corrected chi connectivity index (χ0v) is 14.3. The van der Waals surface area contributed by atoms with Gasteiger partial charge in [-0.3, -0.25) is 14.4 Å². The van der Waals surface area contributed by atoms with Gasteiger partial charge in [-0.1, -0.05) is 49.4 Å². The summed E-state index contributed by atoms with van der Waals surface area (Å²) in [6, 6.07) is 16.0. The lowest BCUT2D eigenvalue weighted by Crippen LogP contribution is -2.24. The lowest BCUT2D eigenvalue weighted by molar-refractivity contribution is -0.149. The summed E-state index contributed by atoms with van der Waals surface area (Å²) in [5.41, 5.74) is 1.68. The Balaban J connectivity index is 1.96. The molecule has 1 amide bonds. The lowest BCUT2D eigenvalue weighted by atomic mass is 9.97. The Labute approximate surface area is 147 Å². The molecule has 1 N–H and O–H groups in total. The minimum absolute atomic E-state index is 0.150. The van der Waals surface area contributed by atoms with Gasteiger partial charge in [-0.05, 0) is 31.0 Å². The van der Waals surface area contributed by atoms with E-state index in [1.807, 2.05) is 37.3 Å². The number of amides is 1. The normalized spacial score (nSPS) is 11.4. The number of anilines is 1. The van der Waals surface area contributed by atoms with E-state index in [-0.39, 0.29) is 5.78 Å². The number of carbonyl (C=O) groups is 3. The van der Waals surface area contributed by atoms with E-state index in [1.165, 1.54) is 6.92 Å². The van der Waals surface area contributed by atoms with E-state index in [1.54, 1.807) is 24.3 Å². The summed E-state index contributed by atoms with van der Waals surface area (Å²) in [6.45, 7) is 2.92. The van der Waals surface area contributed by atoms with Crippen molar-refractivity contribution < 1.29 is 19.1 Å². The maximum Gasteiger partial charge on any atom is 0.313 e. The van der Waals surface area contributed by atoms with Crippen LogP contribution in [0.4, 0.5) is 5.69 Å². The molecule has 0 saturated heterocycles. The summed E-state index contributed by atoms with van der Waals surface area (Å²) >= 11 is 0. The Morgan fingerprint density at radius 3 is 2.28 bits per heavy atom. The topological polar surface area (TPSA) is 72.5 Å². The number of ether oxygens (including phenoxy) is 1. The number of ketones is 1. The third-order valence-electron chi connectivity index (χ3n) is 3.82. The highest BCUT2D eigenvalue weighted by Gasteiger charge is 2.21. The van der Waals surface area contributed by atoms with Gasteiger partial charge in [0.15, 0.2) is 12.4 Å². The molecule has 1 atom stereocenters. The van der Waals surface area contributed by atoms with Crippen molar-refractivity contribution in [1.82, 2.24) is 0 Å². The van der Waals surface area contributed by atoms with E-state index < -0.39 is 24.4 Å². The van der Waals surface area contributed by atoms with E-state index in [0.29, 0.717) is 17.7 Å². The summed E-state index contributed by atoms with van der Waals surface area (Å²) in [4.78, 5) is 35.9. The van der Waals surface area contributed by atoms with Crippen LogP contribution in [0, 0.1) is 0 Å². The predicted octanol–water partition coefficient (Wildman–Crippen LogP) is 3.56. The van der Waals surface area contributed by atoms with Gasteiger partial charge >= 0.3 is 5.97 Å². The molecule has 0 aromatic heterocycles. The first-order valence-electron chi connectivity index (χ1n) is 8.14. The van der Waals surface area contributed by atoms with Crippen LogP contribution in [0.2, 0.25) is 0 Å². The Bertz CT molecular complexity index is 755. The third kappa shape index (κ3) is 5.01. The fourth-order valence-electron chi connectivity index (χ4n) is 2.55. The number of Topliss-reactive ketones (excluding diaryl/α,β-unsaturated/α-hetero) is 1. The van der Waals surface area contributed by atoms with Gasteiger partial charge in [0.05, 0.1) is 11.6 Å². The van der Waals surface area contributed by atoms with E-state index in [4.69, 9.17) is 4.74 Å². The molecule has 25 heavy (non-hydrogen) atoms. The van der Waals surface area contributed by atoms with Crippen LogP contribution in [0.15, 0.2) is 54.6 Å². The van der Waals surface area contributed by atoms with Crippen molar-refractivity contribution in [3.63, 3.8) is 0 Å². The van der Waals surface area contributed by atoms with Crippen molar-refractivity contribution >= 4 is 23.3 Å². The van der Waals surface area contributed by atoms with Crippen molar-refractivity contribution in [3.05, 3.63) is 65.7 Å². The zero-order chi connectivity index (χ0) is 18.2. The molecule has 0 fully saturated rings. The smallest absolute Gasteiger partial charge is 0.313 e. The van der Waals surface area contributed by atoms with Crippen LogP contribution >= 0.6 is 0 Å². The van der Waals surface area contributed by atoms with Gasteiger partial charge in [0.1, 0.15) is 0 Å². The van der Waals surface area contributed by atoms with Crippen molar-refractivity contribution in [1.29, 1.82) is 0 Å². The number of para-hydroxylation sites is 1. The van der Waals surface area contributed by atoms with Gasteiger partial charge in [0, 0.05) is 5.56 Å². The number of hydrogen-bond donors (Lipinski definition) is 1. The highest BCUT2D eigenvalue weighted by atomic mass is 16.5. The standard InChI is InChI=1S/C20H21NO4/c1-3-16(15-9-5-4-6-10-15)20(24)25-13-19(23)21-18-12-8-7-11-17(18)14(2)22/h4-12,16H,3,13H2,1-2H3,(H,21,23)/t16-/m1/s1. The molecular formula is C20H21NO4. The summed E-state index contributed by atoms with van der Waals surface area (Å²) in [7, 11) is 0. The summed E-state index contributed by atoms with van der Waals surface area (Å²) in [6.07, 6.45) is 0.581. The largest absolute Gasteiger partial charge is 0.455 e. The fourth-order valence-corrected chi connectivity index (χ4v) is 2.55. The average Bonchev–Trinajstić information content (AvgIpc) is 2.62. The van der Waals surface area contributed by atoms with Crippen molar-refractivity contribution in [2.24, 2.45) is 0 Å². The molecule has 0 heterocycles. The summed E-state index contributed by atoms with van der Waals surface area (Å²) in [5.74, 6) is -1.48. The van der Waals surface area contributed by atoms with E-state index in [9.17, 15) is 14.4 Å². The van der Waals surface area contributed by atoms with Gasteiger partial charge in [0.25, 0.3) is 5.91 Å².